The van der Waals surface area contributed by atoms with Crippen LogP contribution in [0.2, 0.25) is 0 Å². The third-order valence-corrected chi connectivity index (χ3v) is 2.05. The maximum atomic E-state index is 11.5. The van der Waals surface area contributed by atoms with E-state index in [0.717, 1.165) is 0 Å². The highest BCUT2D eigenvalue weighted by Crippen LogP contribution is 2.14. The Bertz CT molecular complexity index is 650. The number of hydrogen-bond donors (Lipinski definition) is 2. The zero-order chi connectivity index (χ0) is 10.3. The first-order valence-corrected chi connectivity index (χ1v) is 4.32. The van der Waals surface area contributed by atoms with E-state index in [1.54, 1.807) is 12.1 Å². The maximum absolute atomic E-state index is 11.5. The van der Waals surface area contributed by atoms with Gasteiger partial charge in [0.25, 0.3) is 5.56 Å². The van der Waals surface area contributed by atoms with Crippen LogP contribution < -0.4 is 5.56 Å². The number of H-pyrrole nitrogens is 2. The summed E-state index contributed by atoms with van der Waals surface area (Å²) >= 11 is 0. The number of nitrogens with one attached hydrogen (secondary N) is 2. The topological polar surface area (TPSA) is 87.6 Å². The van der Waals surface area contributed by atoms with Gasteiger partial charge in [-0.15, -0.1) is 0 Å². The lowest BCUT2D eigenvalue weighted by molar-refractivity contribution is 0.577. The van der Waals surface area contributed by atoms with Crippen LogP contribution in [0.15, 0.2) is 33.9 Å². The summed E-state index contributed by atoms with van der Waals surface area (Å²) in [7, 11) is 0. The van der Waals surface area contributed by atoms with Gasteiger partial charge in [-0.25, -0.2) is 9.97 Å². The normalized spacial score (nSPS) is 10.9. The second-order valence-corrected chi connectivity index (χ2v) is 2.99. The van der Waals surface area contributed by atoms with Gasteiger partial charge in [-0.2, -0.15) is 0 Å². The lowest BCUT2D eigenvalue weighted by atomic mass is 10.4. The monoisotopic (exact) mass is 202 g/mol. The highest BCUT2D eigenvalue weighted by atomic mass is 16.3. The molecule has 0 unspecified atom stereocenters. The van der Waals surface area contributed by atoms with Gasteiger partial charge in [0.15, 0.2) is 22.7 Å². The highest BCUT2D eigenvalue weighted by Gasteiger charge is 2.08. The van der Waals surface area contributed by atoms with Crippen molar-refractivity contribution >= 4 is 11.2 Å². The quantitative estimate of drug-likeness (QED) is 0.613. The zero-order valence-corrected chi connectivity index (χ0v) is 7.52. The summed E-state index contributed by atoms with van der Waals surface area (Å²) < 4.78 is 5.13. The third kappa shape index (κ3) is 1.15. The zero-order valence-electron chi connectivity index (χ0n) is 7.52. The second kappa shape index (κ2) is 2.81. The van der Waals surface area contributed by atoms with Crippen LogP contribution in [0.1, 0.15) is 0 Å². The van der Waals surface area contributed by atoms with Crippen LogP contribution in [0.3, 0.4) is 0 Å². The molecule has 3 rings (SSSR count). The van der Waals surface area contributed by atoms with Crippen molar-refractivity contribution in [1.29, 1.82) is 0 Å². The predicted octanol–water partition coefficient (Wildman–Crippen LogP) is 0.906. The Hall–Kier alpha value is -2.37. The number of hydrogen-bond acceptors (Lipinski definition) is 4. The van der Waals surface area contributed by atoms with Crippen molar-refractivity contribution in [1.82, 2.24) is 19.9 Å². The maximum Gasteiger partial charge on any atom is 0.277 e. The number of aromatic nitrogens is 4. The number of imidazole rings is 1. The van der Waals surface area contributed by atoms with Crippen LogP contribution in [-0.4, -0.2) is 19.9 Å². The molecule has 15 heavy (non-hydrogen) atoms. The fraction of sp³-hybridized carbons (Fsp3) is 0. The molecular formula is C9H6N4O2. The molecule has 0 fully saturated rings. The summed E-state index contributed by atoms with van der Waals surface area (Å²) in [6.07, 6.45) is 2.95. The van der Waals surface area contributed by atoms with Gasteiger partial charge < -0.3 is 14.4 Å². The van der Waals surface area contributed by atoms with Crippen LogP contribution in [-0.2, 0) is 0 Å². The first-order valence-electron chi connectivity index (χ1n) is 4.32. The van der Waals surface area contributed by atoms with E-state index in [2.05, 4.69) is 19.9 Å². The fourth-order valence-electron chi connectivity index (χ4n) is 1.37. The number of rotatable bonds is 1. The van der Waals surface area contributed by atoms with Crippen molar-refractivity contribution in [3.8, 4) is 11.6 Å². The highest BCUT2D eigenvalue weighted by molar-refractivity contribution is 5.70. The molecule has 6 heteroatoms. The van der Waals surface area contributed by atoms with Gasteiger partial charge in [0.1, 0.15) is 0 Å². The van der Waals surface area contributed by atoms with E-state index in [4.69, 9.17) is 4.42 Å². The van der Waals surface area contributed by atoms with Crippen molar-refractivity contribution in [2.45, 2.75) is 0 Å². The molecule has 3 heterocycles. The Balaban J connectivity index is 2.34. The van der Waals surface area contributed by atoms with Crippen LogP contribution in [0.4, 0.5) is 0 Å². The lowest BCUT2D eigenvalue weighted by Crippen LogP contribution is -2.09. The molecule has 0 aliphatic carbocycles. The van der Waals surface area contributed by atoms with Crippen LogP contribution >= 0.6 is 0 Å². The molecule has 2 N–H and O–H groups in total. The van der Waals surface area contributed by atoms with E-state index in [9.17, 15) is 4.79 Å². The van der Waals surface area contributed by atoms with Crippen LogP contribution in [0.25, 0.3) is 22.7 Å². The number of nitrogens with zero attached hydrogens (tertiary/aromatic N) is 2. The van der Waals surface area contributed by atoms with Gasteiger partial charge in [-0.3, -0.25) is 4.79 Å². The van der Waals surface area contributed by atoms with Crippen molar-refractivity contribution in [3.05, 3.63) is 35.1 Å². The third-order valence-electron chi connectivity index (χ3n) is 2.05. The first kappa shape index (κ1) is 7.98. The summed E-state index contributed by atoms with van der Waals surface area (Å²) in [5, 5.41) is 0. The van der Waals surface area contributed by atoms with E-state index in [0.29, 0.717) is 22.7 Å². The molecule has 74 valence electrons. The number of furan rings is 1. The molecule has 0 aliphatic heterocycles. The molecular weight excluding hydrogens is 196 g/mol. The molecule has 0 spiro atoms. The number of fused-ring (bicyclic) bond motifs is 1. The molecule has 0 aliphatic rings. The van der Waals surface area contributed by atoms with Crippen LogP contribution in [0, 0.1) is 0 Å². The Morgan fingerprint density at radius 2 is 2.33 bits per heavy atom. The minimum absolute atomic E-state index is 0.260. The van der Waals surface area contributed by atoms with Gasteiger partial charge in [0.05, 0.1) is 12.6 Å². The molecule has 0 aromatic carbocycles. The summed E-state index contributed by atoms with van der Waals surface area (Å²) in [6.45, 7) is 0. The van der Waals surface area contributed by atoms with Gasteiger partial charge in [-0.1, -0.05) is 0 Å². The molecule has 6 nitrogen and oxygen atoms in total. The molecule has 0 bridgehead atoms. The van der Waals surface area contributed by atoms with E-state index in [-0.39, 0.29) is 5.56 Å². The summed E-state index contributed by atoms with van der Waals surface area (Å²) in [5.74, 6) is 0.890. The predicted molar refractivity (Wildman–Crippen MR) is 52.2 cm³/mol. The molecule has 0 amide bonds. The van der Waals surface area contributed by atoms with E-state index in [1.807, 2.05) is 0 Å². The van der Waals surface area contributed by atoms with Crippen molar-refractivity contribution in [2.24, 2.45) is 0 Å². The van der Waals surface area contributed by atoms with Gasteiger partial charge >= 0.3 is 0 Å². The van der Waals surface area contributed by atoms with Gasteiger partial charge in [-0.05, 0) is 12.1 Å². The van der Waals surface area contributed by atoms with Crippen LogP contribution in [0.5, 0.6) is 0 Å². The molecule has 3 aromatic heterocycles. The molecule has 0 radical (unpaired) electrons. The Kier molecular flexibility index (Phi) is 1.49. The molecule has 3 aromatic rings. The molecule has 0 saturated heterocycles. The first-order chi connectivity index (χ1) is 7.34. The fourth-order valence-corrected chi connectivity index (χ4v) is 1.37. The van der Waals surface area contributed by atoms with Crippen molar-refractivity contribution in [3.63, 3.8) is 0 Å². The standard InChI is InChI=1S/C9H6N4O2/c14-9-6-8(11-4-10-6)12-7(13-9)5-2-1-3-15-5/h1-4H,(H2,10,11,12,13,14). The summed E-state index contributed by atoms with van der Waals surface area (Å²) in [5.41, 5.74) is 0.486. The van der Waals surface area contributed by atoms with E-state index < -0.39 is 0 Å². The summed E-state index contributed by atoms with van der Waals surface area (Å²) in [6, 6.07) is 3.45. The van der Waals surface area contributed by atoms with Crippen molar-refractivity contribution in [2.75, 3.05) is 0 Å². The minimum atomic E-state index is -0.260. The Morgan fingerprint density at radius 1 is 1.40 bits per heavy atom. The Morgan fingerprint density at radius 3 is 3.13 bits per heavy atom. The molecule has 0 atom stereocenters. The van der Waals surface area contributed by atoms with E-state index in [1.165, 1.54) is 12.6 Å². The second-order valence-electron chi connectivity index (χ2n) is 2.99. The Labute approximate surface area is 83.0 Å². The molecule has 0 saturated carbocycles. The number of aromatic amines is 2. The SMILES string of the molecule is O=c1[nH]c(-c2ccco2)nc2nc[nH]c12. The largest absolute Gasteiger partial charge is 0.461 e. The minimum Gasteiger partial charge on any atom is -0.461 e. The van der Waals surface area contributed by atoms with Crippen molar-refractivity contribution < 1.29 is 4.42 Å². The van der Waals surface area contributed by atoms with Gasteiger partial charge in [0.2, 0.25) is 0 Å². The van der Waals surface area contributed by atoms with E-state index >= 15 is 0 Å². The average molecular weight is 202 g/mol. The average Bonchev–Trinajstić information content (AvgIpc) is 2.88. The van der Waals surface area contributed by atoms with Gasteiger partial charge in [0, 0.05) is 0 Å². The summed E-state index contributed by atoms with van der Waals surface area (Å²) in [4.78, 5) is 24.9. The smallest absolute Gasteiger partial charge is 0.277 e. The lowest BCUT2D eigenvalue weighted by Gasteiger charge is -1.94.